The molecule has 2 N–H and O–H groups in total. The molecule has 4 nitrogen and oxygen atoms in total. The number of aromatic nitrogens is 1. The van der Waals surface area contributed by atoms with E-state index >= 15 is 0 Å². The lowest BCUT2D eigenvalue weighted by Gasteiger charge is -2.06. The summed E-state index contributed by atoms with van der Waals surface area (Å²) >= 11 is 5.67. The SMILES string of the molecule is CNc1ccc(C(=O)NCc2ccc(F)c(Cl)c2)nc1. The van der Waals surface area contributed by atoms with Crippen molar-refractivity contribution in [1.29, 1.82) is 0 Å². The molecule has 0 saturated carbocycles. The van der Waals surface area contributed by atoms with Gasteiger partial charge in [0.05, 0.1) is 16.9 Å². The fourth-order valence-corrected chi connectivity index (χ4v) is 1.80. The van der Waals surface area contributed by atoms with E-state index in [1.807, 2.05) is 0 Å². The molecule has 0 fully saturated rings. The van der Waals surface area contributed by atoms with E-state index in [9.17, 15) is 9.18 Å². The molecule has 0 radical (unpaired) electrons. The average Bonchev–Trinajstić information content (AvgIpc) is 2.48. The van der Waals surface area contributed by atoms with Crippen LogP contribution < -0.4 is 10.6 Å². The molecule has 2 rings (SSSR count). The molecule has 0 bridgehead atoms. The van der Waals surface area contributed by atoms with Crippen LogP contribution in [0.5, 0.6) is 0 Å². The van der Waals surface area contributed by atoms with Crippen molar-refractivity contribution in [3.05, 3.63) is 58.6 Å². The Kier molecular flexibility index (Phi) is 4.53. The number of carbonyl (C=O) groups excluding carboxylic acids is 1. The molecule has 1 aromatic heterocycles. The van der Waals surface area contributed by atoms with Crippen molar-refractivity contribution in [2.45, 2.75) is 6.54 Å². The van der Waals surface area contributed by atoms with E-state index in [2.05, 4.69) is 15.6 Å². The number of carbonyl (C=O) groups is 1. The second-order valence-corrected chi connectivity index (χ2v) is 4.52. The first kappa shape index (κ1) is 14.3. The van der Waals surface area contributed by atoms with Gasteiger partial charge in [-0.2, -0.15) is 0 Å². The lowest BCUT2D eigenvalue weighted by molar-refractivity contribution is 0.0946. The summed E-state index contributed by atoms with van der Waals surface area (Å²) in [6.45, 7) is 0.258. The van der Waals surface area contributed by atoms with Crippen molar-refractivity contribution in [2.75, 3.05) is 12.4 Å². The summed E-state index contributed by atoms with van der Waals surface area (Å²) < 4.78 is 13.0. The Morgan fingerprint density at radius 3 is 2.75 bits per heavy atom. The third-order valence-corrected chi connectivity index (χ3v) is 3.01. The smallest absolute Gasteiger partial charge is 0.270 e. The number of hydrogen-bond acceptors (Lipinski definition) is 3. The third kappa shape index (κ3) is 3.45. The van der Waals surface area contributed by atoms with Crippen molar-refractivity contribution in [1.82, 2.24) is 10.3 Å². The predicted octanol–water partition coefficient (Wildman–Crippen LogP) is 2.85. The number of hydrogen-bond donors (Lipinski definition) is 2. The van der Waals surface area contributed by atoms with Crippen molar-refractivity contribution < 1.29 is 9.18 Å². The summed E-state index contributed by atoms with van der Waals surface area (Å²) in [5.41, 5.74) is 1.86. The Morgan fingerprint density at radius 2 is 2.15 bits per heavy atom. The molecule has 0 aliphatic carbocycles. The zero-order valence-electron chi connectivity index (χ0n) is 10.8. The average molecular weight is 294 g/mol. The summed E-state index contributed by atoms with van der Waals surface area (Å²) in [4.78, 5) is 15.9. The van der Waals surface area contributed by atoms with Gasteiger partial charge in [-0.05, 0) is 29.8 Å². The molecule has 1 amide bonds. The number of amides is 1. The highest BCUT2D eigenvalue weighted by Gasteiger charge is 2.07. The zero-order valence-corrected chi connectivity index (χ0v) is 11.5. The number of halogens is 2. The standard InChI is InChI=1S/C14H13ClFN3O/c1-17-10-3-5-13(18-8-10)14(20)19-7-9-2-4-12(16)11(15)6-9/h2-6,8,17H,7H2,1H3,(H,19,20). The molecule has 6 heteroatoms. The van der Waals surface area contributed by atoms with E-state index in [0.29, 0.717) is 5.69 Å². The summed E-state index contributed by atoms with van der Waals surface area (Å²) in [7, 11) is 1.77. The van der Waals surface area contributed by atoms with E-state index in [1.54, 1.807) is 31.4 Å². The van der Waals surface area contributed by atoms with Gasteiger partial charge in [0.1, 0.15) is 11.5 Å². The van der Waals surface area contributed by atoms with Crippen molar-refractivity contribution in [3.63, 3.8) is 0 Å². The predicted molar refractivity (Wildman–Crippen MR) is 76.4 cm³/mol. The van der Waals surface area contributed by atoms with Gasteiger partial charge in [0.25, 0.3) is 5.91 Å². The topological polar surface area (TPSA) is 54.0 Å². The minimum atomic E-state index is -0.480. The Bertz CT molecular complexity index is 616. The quantitative estimate of drug-likeness (QED) is 0.911. The van der Waals surface area contributed by atoms with Crippen LogP contribution in [0.15, 0.2) is 36.5 Å². The Labute approximate surface area is 121 Å². The normalized spacial score (nSPS) is 10.2. The summed E-state index contributed by atoms with van der Waals surface area (Å²) in [6.07, 6.45) is 1.57. The molecule has 0 spiro atoms. The first-order valence-electron chi connectivity index (χ1n) is 5.96. The van der Waals surface area contributed by atoms with Gasteiger partial charge >= 0.3 is 0 Å². The maximum atomic E-state index is 13.0. The fraction of sp³-hybridized carbons (Fsp3) is 0.143. The molecule has 20 heavy (non-hydrogen) atoms. The summed E-state index contributed by atoms with van der Waals surface area (Å²) in [5.74, 6) is -0.779. The Hall–Kier alpha value is -2.14. The molecule has 0 saturated heterocycles. The largest absolute Gasteiger partial charge is 0.387 e. The van der Waals surface area contributed by atoms with Gasteiger partial charge in [-0.3, -0.25) is 4.79 Å². The number of nitrogens with one attached hydrogen (secondary N) is 2. The molecule has 1 aromatic carbocycles. The first-order valence-corrected chi connectivity index (χ1v) is 6.34. The van der Waals surface area contributed by atoms with E-state index in [1.165, 1.54) is 12.1 Å². The van der Waals surface area contributed by atoms with Crippen LogP contribution in [-0.2, 0) is 6.54 Å². The highest BCUT2D eigenvalue weighted by atomic mass is 35.5. The highest BCUT2D eigenvalue weighted by molar-refractivity contribution is 6.30. The third-order valence-electron chi connectivity index (χ3n) is 2.72. The molecule has 0 atom stereocenters. The van der Waals surface area contributed by atoms with E-state index in [0.717, 1.165) is 11.3 Å². The van der Waals surface area contributed by atoms with Crippen LogP contribution in [0, 0.1) is 5.82 Å². The van der Waals surface area contributed by atoms with Crippen LogP contribution >= 0.6 is 11.6 Å². The minimum Gasteiger partial charge on any atom is -0.387 e. The molecule has 0 aliphatic heterocycles. The summed E-state index contributed by atoms with van der Waals surface area (Å²) in [6, 6.07) is 7.70. The maximum absolute atomic E-state index is 13.0. The second kappa shape index (κ2) is 6.34. The second-order valence-electron chi connectivity index (χ2n) is 4.11. The van der Waals surface area contributed by atoms with Gasteiger partial charge in [-0.25, -0.2) is 9.37 Å². The van der Waals surface area contributed by atoms with E-state index in [4.69, 9.17) is 11.6 Å². The lowest BCUT2D eigenvalue weighted by Crippen LogP contribution is -2.23. The Balaban J connectivity index is 1.98. The van der Waals surface area contributed by atoms with Crippen molar-refractivity contribution in [3.8, 4) is 0 Å². The molecule has 104 valence electrons. The first-order chi connectivity index (χ1) is 9.60. The monoisotopic (exact) mass is 293 g/mol. The van der Waals surface area contributed by atoms with E-state index < -0.39 is 5.82 Å². The fourth-order valence-electron chi connectivity index (χ4n) is 1.60. The number of pyridine rings is 1. The zero-order chi connectivity index (χ0) is 14.5. The van der Waals surface area contributed by atoms with Crippen LogP contribution in [0.2, 0.25) is 5.02 Å². The van der Waals surface area contributed by atoms with Crippen molar-refractivity contribution in [2.24, 2.45) is 0 Å². The summed E-state index contributed by atoms with van der Waals surface area (Å²) in [5, 5.41) is 5.65. The molecule has 1 heterocycles. The lowest BCUT2D eigenvalue weighted by atomic mass is 10.2. The van der Waals surface area contributed by atoms with Crippen LogP contribution in [-0.4, -0.2) is 17.9 Å². The van der Waals surface area contributed by atoms with Gasteiger partial charge in [0.2, 0.25) is 0 Å². The van der Waals surface area contributed by atoms with Gasteiger partial charge in [0, 0.05) is 13.6 Å². The molecular formula is C14H13ClFN3O. The van der Waals surface area contributed by atoms with Gasteiger partial charge in [0.15, 0.2) is 0 Å². The maximum Gasteiger partial charge on any atom is 0.270 e. The molecule has 0 aliphatic rings. The van der Waals surface area contributed by atoms with Crippen LogP contribution in [0.25, 0.3) is 0 Å². The van der Waals surface area contributed by atoms with Crippen molar-refractivity contribution >= 4 is 23.2 Å². The minimum absolute atomic E-state index is 0.0354. The van der Waals surface area contributed by atoms with Crippen LogP contribution in [0.4, 0.5) is 10.1 Å². The van der Waals surface area contributed by atoms with Gasteiger partial charge < -0.3 is 10.6 Å². The van der Waals surface area contributed by atoms with E-state index in [-0.39, 0.29) is 17.5 Å². The number of anilines is 1. The van der Waals surface area contributed by atoms with Gasteiger partial charge in [-0.15, -0.1) is 0 Å². The molecular weight excluding hydrogens is 281 g/mol. The molecule has 2 aromatic rings. The van der Waals surface area contributed by atoms with Crippen LogP contribution in [0.1, 0.15) is 16.1 Å². The highest BCUT2D eigenvalue weighted by Crippen LogP contribution is 2.15. The molecule has 0 unspecified atom stereocenters. The Morgan fingerprint density at radius 1 is 1.35 bits per heavy atom. The number of benzene rings is 1. The van der Waals surface area contributed by atoms with Crippen LogP contribution in [0.3, 0.4) is 0 Å². The number of rotatable bonds is 4. The number of nitrogens with zero attached hydrogens (tertiary/aromatic N) is 1. The van der Waals surface area contributed by atoms with Gasteiger partial charge in [-0.1, -0.05) is 17.7 Å².